The van der Waals surface area contributed by atoms with Crippen LogP contribution < -0.4 is 0 Å². The lowest BCUT2D eigenvalue weighted by atomic mass is 10.3. The zero-order valence-electron chi connectivity index (χ0n) is 4.50. The van der Waals surface area contributed by atoms with Crippen LogP contribution in [0.3, 0.4) is 0 Å². The molecule has 0 aliphatic rings. The maximum absolute atomic E-state index is 9.60. The fourth-order valence-corrected chi connectivity index (χ4v) is 0.300. The molecule has 0 radical (unpaired) electrons. The molecule has 0 N–H and O–H groups in total. The molecular formula is C6H7NO. The molecule has 0 aliphatic carbocycles. The van der Waals surface area contributed by atoms with Gasteiger partial charge in [0.15, 0.2) is 0 Å². The van der Waals surface area contributed by atoms with E-state index in [0.717, 1.165) is 0 Å². The predicted octanol–water partition coefficient (Wildman–Crippen LogP) is 1.05. The summed E-state index contributed by atoms with van der Waals surface area (Å²) in [5.74, 6) is 0. The van der Waals surface area contributed by atoms with Crippen molar-refractivity contribution in [2.45, 2.75) is 12.8 Å². The smallest absolute Gasteiger partial charge is 0.142 e. The van der Waals surface area contributed by atoms with Gasteiger partial charge in [0.1, 0.15) is 6.29 Å². The number of hydrogen-bond acceptors (Lipinski definition) is 2. The first-order chi connectivity index (χ1) is 3.91. The lowest BCUT2D eigenvalue weighted by Gasteiger charge is -1.74. The highest BCUT2D eigenvalue weighted by Gasteiger charge is 1.73. The lowest BCUT2D eigenvalue weighted by molar-refractivity contribution is -0.104. The number of nitrogens with zero attached hydrogens (tertiary/aromatic N) is 1. The monoisotopic (exact) mass is 109 g/mol. The van der Waals surface area contributed by atoms with Gasteiger partial charge in [0, 0.05) is 6.42 Å². The van der Waals surface area contributed by atoms with E-state index >= 15 is 0 Å². The molecule has 0 amide bonds. The third-order valence-corrected chi connectivity index (χ3v) is 0.637. The maximum Gasteiger partial charge on any atom is 0.142 e. The van der Waals surface area contributed by atoms with Gasteiger partial charge in [-0.3, -0.25) is 4.79 Å². The maximum atomic E-state index is 9.60. The van der Waals surface area contributed by atoms with E-state index in [1.54, 1.807) is 6.08 Å². The minimum absolute atomic E-state index is 0.490. The molecular weight excluding hydrogens is 102 g/mol. The molecule has 0 bridgehead atoms. The van der Waals surface area contributed by atoms with E-state index in [0.29, 0.717) is 19.1 Å². The van der Waals surface area contributed by atoms with Crippen LogP contribution in [0.1, 0.15) is 12.8 Å². The van der Waals surface area contributed by atoms with Crippen molar-refractivity contribution in [3.05, 3.63) is 12.2 Å². The van der Waals surface area contributed by atoms with Crippen LogP contribution >= 0.6 is 0 Å². The number of carbonyl (C=O) groups is 1. The van der Waals surface area contributed by atoms with Crippen LogP contribution in [0.5, 0.6) is 0 Å². The molecule has 0 heterocycles. The molecule has 0 spiro atoms. The Labute approximate surface area is 48.4 Å². The molecule has 42 valence electrons. The van der Waals surface area contributed by atoms with Crippen molar-refractivity contribution < 1.29 is 4.79 Å². The second-order valence-corrected chi connectivity index (χ2v) is 1.26. The minimum atomic E-state index is 0.490. The highest BCUT2D eigenvalue weighted by Crippen LogP contribution is 1.85. The van der Waals surface area contributed by atoms with Crippen LogP contribution in [0.25, 0.3) is 0 Å². The Bertz CT molecular complexity index is 121. The molecule has 2 nitrogen and oxygen atoms in total. The quantitative estimate of drug-likeness (QED) is 0.308. The molecule has 0 aromatic rings. The fourth-order valence-electron chi connectivity index (χ4n) is 0.300. The number of hydrogen-bond donors (Lipinski definition) is 0. The van der Waals surface area contributed by atoms with Crippen LogP contribution in [0.15, 0.2) is 12.2 Å². The standard InChI is InChI=1S/C6H7NO/c7-5-3-1-2-4-6-8/h2,4,6H,1,3H2/b4-2-. The van der Waals surface area contributed by atoms with Gasteiger partial charge in [-0.1, -0.05) is 6.08 Å². The Morgan fingerprint density at radius 3 is 2.88 bits per heavy atom. The third-order valence-electron chi connectivity index (χ3n) is 0.637. The van der Waals surface area contributed by atoms with E-state index in [1.807, 2.05) is 6.07 Å². The zero-order valence-corrected chi connectivity index (χ0v) is 4.50. The molecule has 0 aromatic carbocycles. The van der Waals surface area contributed by atoms with Gasteiger partial charge >= 0.3 is 0 Å². The molecule has 8 heavy (non-hydrogen) atoms. The summed E-state index contributed by atoms with van der Waals surface area (Å²) in [7, 11) is 0. The summed E-state index contributed by atoms with van der Waals surface area (Å²) >= 11 is 0. The van der Waals surface area contributed by atoms with Crippen molar-refractivity contribution in [3.8, 4) is 6.07 Å². The van der Waals surface area contributed by atoms with Gasteiger partial charge in [-0.2, -0.15) is 5.26 Å². The summed E-state index contributed by atoms with van der Waals surface area (Å²) in [4.78, 5) is 9.60. The number of rotatable bonds is 3. The van der Waals surface area contributed by atoms with Crippen molar-refractivity contribution >= 4 is 6.29 Å². The van der Waals surface area contributed by atoms with E-state index in [2.05, 4.69) is 0 Å². The van der Waals surface area contributed by atoms with Gasteiger partial charge in [0.05, 0.1) is 6.07 Å². The van der Waals surface area contributed by atoms with Crippen LogP contribution in [0.4, 0.5) is 0 Å². The SMILES string of the molecule is N#CCC/C=C\C=O. The van der Waals surface area contributed by atoms with Crippen LogP contribution in [0, 0.1) is 11.3 Å². The van der Waals surface area contributed by atoms with Crippen molar-refractivity contribution in [1.29, 1.82) is 5.26 Å². The van der Waals surface area contributed by atoms with E-state index in [1.165, 1.54) is 6.08 Å². The summed E-state index contributed by atoms with van der Waals surface area (Å²) < 4.78 is 0. The summed E-state index contributed by atoms with van der Waals surface area (Å²) in [6, 6.07) is 1.96. The minimum Gasteiger partial charge on any atom is -0.299 e. The van der Waals surface area contributed by atoms with Crippen LogP contribution in [0.2, 0.25) is 0 Å². The molecule has 0 rings (SSSR count). The number of aldehydes is 1. The average Bonchev–Trinajstić information content (AvgIpc) is 1.81. The summed E-state index contributed by atoms with van der Waals surface area (Å²) in [5, 5.41) is 7.99. The second kappa shape index (κ2) is 5.90. The topological polar surface area (TPSA) is 40.9 Å². The van der Waals surface area contributed by atoms with Gasteiger partial charge in [0.2, 0.25) is 0 Å². The first-order valence-corrected chi connectivity index (χ1v) is 2.39. The van der Waals surface area contributed by atoms with Crippen molar-refractivity contribution in [3.63, 3.8) is 0 Å². The Morgan fingerprint density at radius 1 is 1.62 bits per heavy atom. The van der Waals surface area contributed by atoms with Gasteiger partial charge in [-0.05, 0) is 12.5 Å². The number of allylic oxidation sites excluding steroid dienone is 2. The van der Waals surface area contributed by atoms with Gasteiger partial charge < -0.3 is 0 Å². The Balaban J connectivity index is 3.06. The Kier molecular flexibility index (Phi) is 5.09. The van der Waals surface area contributed by atoms with E-state index in [4.69, 9.17) is 5.26 Å². The largest absolute Gasteiger partial charge is 0.299 e. The van der Waals surface area contributed by atoms with Crippen molar-refractivity contribution in [2.75, 3.05) is 0 Å². The average molecular weight is 109 g/mol. The molecule has 0 saturated heterocycles. The van der Waals surface area contributed by atoms with Crippen LogP contribution in [-0.2, 0) is 4.79 Å². The summed E-state index contributed by atoms with van der Waals surface area (Å²) in [6.07, 6.45) is 4.95. The number of nitriles is 1. The highest BCUT2D eigenvalue weighted by atomic mass is 16.1. The van der Waals surface area contributed by atoms with Gasteiger partial charge in [-0.25, -0.2) is 0 Å². The zero-order chi connectivity index (χ0) is 6.24. The summed E-state index contributed by atoms with van der Waals surface area (Å²) in [6.45, 7) is 0. The van der Waals surface area contributed by atoms with Gasteiger partial charge in [-0.15, -0.1) is 0 Å². The predicted molar refractivity (Wildman–Crippen MR) is 30.1 cm³/mol. The van der Waals surface area contributed by atoms with Crippen LogP contribution in [-0.4, -0.2) is 6.29 Å². The number of carbonyl (C=O) groups excluding carboxylic acids is 1. The molecule has 0 aliphatic heterocycles. The van der Waals surface area contributed by atoms with Crippen molar-refractivity contribution in [2.24, 2.45) is 0 Å². The molecule has 0 saturated carbocycles. The first-order valence-electron chi connectivity index (χ1n) is 2.39. The molecule has 0 fully saturated rings. The van der Waals surface area contributed by atoms with E-state index < -0.39 is 0 Å². The molecule has 2 heteroatoms. The molecule has 0 atom stereocenters. The highest BCUT2D eigenvalue weighted by molar-refractivity contribution is 5.64. The molecule has 0 unspecified atom stereocenters. The second-order valence-electron chi connectivity index (χ2n) is 1.26. The van der Waals surface area contributed by atoms with Gasteiger partial charge in [0.25, 0.3) is 0 Å². The normalized spacial score (nSPS) is 8.88. The number of unbranched alkanes of at least 4 members (excludes halogenated alkanes) is 1. The first kappa shape index (κ1) is 6.90. The Morgan fingerprint density at radius 2 is 2.38 bits per heavy atom. The van der Waals surface area contributed by atoms with E-state index in [9.17, 15) is 4.79 Å². The van der Waals surface area contributed by atoms with E-state index in [-0.39, 0.29) is 0 Å². The molecule has 0 aromatic heterocycles. The van der Waals surface area contributed by atoms with Crippen molar-refractivity contribution in [1.82, 2.24) is 0 Å². The summed E-state index contributed by atoms with van der Waals surface area (Å²) in [5.41, 5.74) is 0. The fraction of sp³-hybridized carbons (Fsp3) is 0.333. The third kappa shape index (κ3) is 4.90. The Hall–Kier alpha value is -1.10. The lowest BCUT2D eigenvalue weighted by Crippen LogP contribution is -1.63.